The number of carbonyl (C=O) groups is 1. The molecule has 3 heteroatoms. The molecular formula is C26H33NO2. The first-order chi connectivity index (χ1) is 13.9. The Morgan fingerprint density at radius 1 is 1.10 bits per heavy atom. The van der Waals surface area contributed by atoms with Gasteiger partial charge >= 0.3 is 5.97 Å². The molecule has 0 bridgehead atoms. The van der Waals surface area contributed by atoms with Gasteiger partial charge in [0, 0.05) is 25.7 Å². The molecule has 0 radical (unpaired) electrons. The number of pyridine rings is 1. The van der Waals surface area contributed by atoms with Gasteiger partial charge in [-0.1, -0.05) is 37.6 Å². The lowest BCUT2D eigenvalue weighted by Gasteiger charge is -2.57. The highest BCUT2D eigenvalue weighted by atomic mass is 16.5. The average molecular weight is 392 g/mol. The molecule has 0 amide bonds. The Hall–Kier alpha value is -1.90. The van der Waals surface area contributed by atoms with Gasteiger partial charge < -0.3 is 4.74 Å². The quantitative estimate of drug-likeness (QED) is 0.460. The van der Waals surface area contributed by atoms with Gasteiger partial charge in [0.2, 0.25) is 0 Å². The Morgan fingerprint density at radius 2 is 1.93 bits per heavy atom. The van der Waals surface area contributed by atoms with Crippen LogP contribution in [0.1, 0.15) is 71.3 Å². The van der Waals surface area contributed by atoms with E-state index < -0.39 is 0 Å². The Morgan fingerprint density at radius 3 is 2.69 bits per heavy atom. The van der Waals surface area contributed by atoms with Crippen molar-refractivity contribution in [3.8, 4) is 0 Å². The molecule has 0 aromatic carbocycles. The Labute approximate surface area is 174 Å². The van der Waals surface area contributed by atoms with Gasteiger partial charge in [-0.15, -0.1) is 0 Å². The van der Waals surface area contributed by atoms with Crippen molar-refractivity contribution in [2.24, 2.45) is 28.6 Å². The van der Waals surface area contributed by atoms with E-state index in [0.717, 1.165) is 37.0 Å². The molecule has 1 aromatic heterocycles. The smallest absolute Gasteiger partial charge is 0.302 e. The Kier molecular flexibility index (Phi) is 4.49. The van der Waals surface area contributed by atoms with Crippen molar-refractivity contribution in [1.29, 1.82) is 0 Å². The van der Waals surface area contributed by atoms with Crippen LogP contribution in [0.3, 0.4) is 0 Å². The second-order valence-electron chi connectivity index (χ2n) is 10.3. The number of aromatic nitrogens is 1. The largest absolute Gasteiger partial charge is 0.462 e. The summed E-state index contributed by atoms with van der Waals surface area (Å²) in [6.45, 7) is 6.56. The van der Waals surface area contributed by atoms with Gasteiger partial charge in [0.1, 0.15) is 6.10 Å². The minimum Gasteiger partial charge on any atom is -0.462 e. The monoisotopic (exact) mass is 391 g/mol. The topological polar surface area (TPSA) is 39.2 Å². The first-order valence-electron chi connectivity index (χ1n) is 11.4. The van der Waals surface area contributed by atoms with Gasteiger partial charge in [0.05, 0.1) is 0 Å². The highest BCUT2D eigenvalue weighted by Crippen LogP contribution is 2.66. The maximum absolute atomic E-state index is 11.4. The van der Waals surface area contributed by atoms with E-state index >= 15 is 0 Å². The third-order valence-electron chi connectivity index (χ3n) is 8.94. The number of nitrogens with zero attached hydrogens (tertiary/aromatic N) is 1. The van der Waals surface area contributed by atoms with Crippen molar-refractivity contribution < 1.29 is 9.53 Å². The lowest BCUT2D eigenvalue weighted by atomic mass is 9.47. The summed E-state index contributed by atoms with van der Waals surface area (Å²) < 4.78 is 5.58. The summed E-state index contributed by atoms with van der Waals surface area (Å²) in [5, 5.41) is 0. The summed E-state index contributed by atoms with van der Waals surface area (Å²) in [7, 11) is 0. The zero-order valence-corrected chi connectivity index (χ0v) is 18.0. The molecule has 1 aromatic rings. The van der Waals surface area contributed by atoms with Crippen LogP contribution in [0.25, 0.3) is 5.57 Å². The van der Waals surface area contributed by atoms with E-state index in [4.69, 9.17) is 4.74 Å². The van der Waals surface area contributed by atoms with Gasteiger partial charge in [-0.05, 0) is 84.3 Å². The van der Waals surface area contributed by atoms with E-state index in [-0.39, 0.29) is 22.9 Å². The van der Waals surface area contributed by atoms with Gasteiger partial charge in [-0.3, -0.25) is 9.78 Å². The highest BCUT2D eigenvalue weighted by Gasteiger charge is 2.56. The Bertz CT molecular complexity index is 872. The molecule has 4 aliphatic carbocycles. The van der Waals surface area contributed by atoms with Gasteiger partial charge in [-0.2, -0.15) is 0 Å². The van der Waals surface area contributed by atoms with Crippen LogP contribution in [0.15, 0.2) is 42.3 Å². The number of carbonyl (C=O) groups excluding carboxylic acids is 1. The fourth-order valence-electron chi connectivity index (χ4n) is 7.50. The van der Waals surface area contributed by atoms with Crippen LogP contribution < -0.4 is 0 Å². The standard InChI is InChI=1S/C26H33NO2/c1-17(28)29-20-10-12-25(2)19(15-20)6-7-21-23-9-8-22(18-5-4-14-27-16-18)26(23,3)13-11-24(21)25/h4-6,8,14,16,20-21,23-24H,7,9-13,15H2,1-3H3. The second kappa shape index (κ2) is 6.82. The fraction of sp³-hybridized carbons (Fsp3) is 0.615. The number of hydrogen-bond acceptors (Lipinski definition) is 3. The summed E-state index contributed by atoms with van der Waals surface area (Å²) >= 11 is 0. The maximum atomic E-state index is 11.4. The van der Waals surface area contributed by atoms with Crippen molar-refractivity contribution in [2.45, 2.75) is 71.8 Å². The van der Waals surface area contributed by atoms with E-state index in [9.17, 15) is 4.79 Å². The fourth-order valence-corrected chi connectivity index (χ4v) is 7.50. The van der Waals surface area contributed by atoms with Crippen LogP contribution in [-0.4, -0.2) is 17.1 Å². The lowest BCUT2D eigenvalue weighted by molar-refractivity contribution is -0.148. The molecule has 4 aliphatic rings. The van der Waals surface area contributed by atoms with E-state index in [1.165, 1.54) is 43.7 Å². The number of esters is 1. The SMILES string of the molecule is CC(=O)OC1CCC2(C)C(=CCC3C2CCC2(C)C(c4cccnc4)=CCC32)C1. The number of rotatable bonds is 2. The summed E-state index contributed by atoms with van der Waals surface area (Å²) in [4.78, 5) is 15.8. The van der Waals surface area contributed by atoms with E-state index in [0.29, 0.717) is 0 Å². The van der Waals surface area contributed by atoms with Crippen LogP contribution in [0.2, 0.25) is 0 Å². The third-order valence-corrected chi connectivity index (χ3v) is 8.94. The zero-order valence-electron chi connectivity index (χ0n) is 18.0. The molecule has 0 N–H and O–H groups in total. The van der Waals surface area contributed by atoms with Crippen LogP contribution in [0.4, 0.5) is 0 Å². The molecule has 0 aliphatic heterocycles. The van der Waals surface area contributed by atoms with Crippen LogP contribution in [0, 0.1) is 28.6 Å². The molecule has 6 unspecified atom stereocenters. The molecule has 2 fully saturated rings. The number of fused-ring (bicyclic) bond motifs is 5. The molecular weight excluding hydrogens is 358 g/mol. The van der Waals surface area contributed by atoms with E-state index in [1.807, 2.05) is 12.4 Å². The number of allylic oxidation sites excluding steroid dienone is 3. The van der Waals surface area contributed by atoms with Gasteiger partial charge in [0.15, 0.2) is 0 Å². The van der Waals surface area contributed by atoms with Gasteiger partial charge in [0.25, 0.3) is 0 Å². The molecule has 0 spiro atoms. The summed E-state index contributed by atoms with van der Waals surface area (Å²) in [5.74, 6) is 2.12. The second-order valence-corrected chi connectivity index (χ2v) is 10.3. The van der Waals surface area contributed by atoms with Crippen molar-refractivity contribution in [1.82, 2.24) is 4.98 Å². The highest BCUT2D eigenvalue weighted by molar-refractivity contribution is 5.72. The predicted octanol–water partition coefficient (Wildman–Crippen LogP) is 5.97. The molecule has 1 heterocycles. The first kappa shape index (κ1) is 19.1. The third kappa shape index (κ3) is 2.92. The minimum absolute atomic E-state index is 0.0857. The predicted molar refractivity (Wildman–Crippen MR) is 115 cm³/mol. The molecule has 6 atom stereocenters. The van der Waals surface area contributed by atoms with Crippen LogP contribution in [0.5, 0.6) is 0 Å². The van der Waals surface area contributed by atoms with Crippen LogP contribution >= 0.6 is 0 Å². The molecule has 29 heavy (non-hydrogen) atoms. The summed E-state index contributed by atoms with van der Waals surface area (Å²) in [5.41, 5.74) is 4.99. The van der Waals surface area contributed by atoms with E-state index in [2.05, 4.69) is 43.1 Å². The molecule has 0 saturated heterocycles. The van der Waals surface area contributed by atoms with E-state index in [1.54, 1.807) is 5.57 Å². The van der Waals surface area contributed by atoms with Crippen LogP contribution in [-0.2, 0) is 9.53 Å². The van der Waals surface area contributed by atoms with Crippen molar-refractivity contribution >= 4 is 11.5 Å². The first-order valence-corrected chi connectivity index (χ1v) is 11.4. The van der Waals surface area contributed by atoms with Crippen molar-refractivity contribution in [3.63, 3.8) is 0 Å². The van der Waals surface area contributed by atoms with Crippen molar-refractivity contribution in [2.75, 3.05) is 0 Å². The summed E-state index contributed by atoms with van der Waals surface area (Å²) in [6, 6.07) is 4.30. The maximum Gasteiger partial charge on any atom is 0.302 e. The van der Waals surface area contributed by atoms with Crippen molar-refractivity contribution in [3.05, 3.63) is 47.8 Å². The zero-order chi connectivity index (χ0) is 20.2. The molecule has 154 valence electrons. The number of hydrogen-bond donors (Lipinski definition) is 0. The molecule has 3 nitrogen and oxygen atoms in total. The number of ether oxygens (including phenoxy) is 1. The normalized spacial score (nSPS) is 40.8. The average Bonchev–Trinajstić information content (AvgIpc) is 3.06. The summed E-state index contributed by atoms with van der Waals surface area (Å²) in [6.07, 6.45) is 17.1. The lowest BCUT2D eigenvalue weighted by Crippen LogP contribution is -2.50. The Balaban J connectivity index is 1.41. The minimum atomic E-state index is -0.138. The van der Waals surface area contributed by atoms with Gasteiger partial charge in [-0.25, -0.2) is 0 Å². The molecule has 5 rings (SSSR count). The molecule has 2 saturated carbocycles.